The van der Waals surface area contributed by atoms with Crippen LogP contribution >= 0.6 is 0 Å². The van der Waals surface area contributed by atoms with Crippen molar-refractivity contribution in [2.45, 2.75) is 13.1 Å². The summed E-state index contributed by atoms with van der Waals surface area (Å²) in [7, 11) is 1.88. The second-order valence-corrected chi connectivity index (χ2v) is 5.73. The normalized spacial score (nSPS) is 11.3. The van der Waals surface area contributed by atoms with Crippen LogP contribution in [0.3, 0.4) is 0 Å². The summed E-state index contributed by atoms with van der Waals surface area (Å²) in [5, 5.41) is 20.6. The lowest BCUT2D eigenvalue weighted by molar-refractivity contribution is 0.184. The summed E-state index contributed by atoms with van der Waals surface area (Å²) in [5.41, 5.74) is 3.83. The molecule has 0 unspecified atom stereocenters. The Morgan fingerprint density at radius 1 is 1.21 bits per heavy atom. The Morgan fingerprint density at radius 3 is 2.67 bits per heavy atom. The molecule has 2 aromatic heterocycles. The molecule has 0 amide bonds. The smallest absolute Gasteiger partial charge is 0.123 e. The van der Waals surface area contributed by atoms with Crippen molar-refractivity contribution in [1.82, 2.24) is 24.9 Å². The van der Waals surface area contributed by atoms with Crippen LogP contribution in [0.25, 0.3) is 11.3 Å². The van der Waals surface area contributed by atoms with E-state index in [2.05, 4.69) is 20.2 Å². The Labute approximate surface area is 139 Å². The zero-order valence-corrected chi connectivity index (χ0v) is 13.5. The fraction of sp³-hybridized carbons (Fsp3) is 0.294. The highest BCUT2D eigenvalue weighted by molar-refractivity contribution is 5.62. The van der Waals surface area contributed by atoms with Crippen LogP contribution in [0.2, 0.25) is 0 Å². The van der Waals surface area contributed by atoms with Crippen molar-refractivity contribution in [3.05, 3.63) is 59.8 Å². The van der Waals surface area contributed by atoms with Gasteiger partial charge in [-0.2, -0.15) is 10.2 Å². The molecule has 0 saturated carbocycles. The Kier molecular flexibility index (Phi) is 5.02. The number of aliphatic hydroxyl groups is 1. The lowest BCUT2D eigenvalue weighted by Crippen LogP contribution is -2.26. The number of hydrogen-bond acceptors (Lipinski definition) is 4. The summed E-state index contributed by atoms with van der Waals surface area (Å²) in [6, 6.07) is 6.32. The number of H-pyrrole nitrogens is 1. The number of rotatable bonds is 7. The van der Waals surface area contributed by atoms with Crippen molar-refractivity contribution in [1.29, 1.82) is 0 Å². The van der Waals surface area contributed by atoms with Crippen LogP contribution in [0.4, 0.5) is 4.39 Å². The molecule has 24 heavy (non-hydrogen) atoms. The maximum absolute atomic E-state index is 13.1. The molecule has 0 fully saturated rings. The van der Waals surface area contributed by atoms with Gasteiger partial charge in [-0.1, -0.05) is 0 Å². The van der Waals surface area contributed by atoms with Crippen molar-refractivity contribution >= 4 is 0 Å². The van der Waals surface area contributed by atoms with E-state index in [4.69, 9.17) is 0 Å². The van der Waals surface area contributed by atoms with Crippen molar-refractivity contribution in [3.63, 3.8) is 0 Å². The van der Waals surface area contributed by atoms with E-state index in [1.165, 1.54) is 12.1 Å². The molecule has 6 nitrogen and oxygen atoms in total. The fourth-order valence-corrected chi connectivity index (χ4v) is 2.71. The molecule has 1 aromatic carbocycles. The summed E-state index contributed by atoms with van der Waals surface area (Å²) in [6.45, 7) is 1.92. The molecule has 0 spiro atoms. The summed E-state index contributed by atoms with van der Waals surface area (Å²) >= 11 is 0. The predicted molar refractivity (Wildman–Crippen MR) is 88.4 cm³/mol. The van der Waals surface area contributed by atoms with Gasteiger partial charge in [0.15, 0.2) is 0 Å². The summed E-state index contributed by atoms with van der Waals surface area (Å²) in [4.78, 5) is 2.12. The number of halogens is 1. The Balaban J connectivity index is 1.78. The number of aryl methyl sites for hydroxylation is 1. The molecule has 3 aromatic rings. The van der Waals surface area contributed by atoms with Gasteiger partial charge in [-0.05, 0) is 24.3 Å². The third kappa shape index (κ3) is 3.87. The molecule has 0 aliphatic rings. The molecule has 126 valence electrons. The van der Waals surface area contributed by atoms with Gasteiger partial charge in [-0.15, -0.1) is 0 Å². The number of aromatic amines is 1. The van der Waals surface area contributed by atoms with Gasteiger partial charge in [-0.3, -0.25) is 14.7 Å². The molecule has 0 atom stereocenters. The fourth-order valence-electron chi connectivity index (χ4n) is 2.71. The zero-order chi connectivity index (χ0) is 16.9. The summed E-state index contributed by atoms with van der Waals surface area (Å²) in [6.07, 6.45) is 5.55. The molecule has 0 bridgehead atoms. The van der Waals surface area contributed by atoms with E-state index in [0.717, 1.165) is 22.4 Å². The number of benzene rings is 1. The first-order chi connectivity index (χ1) is 11.7. The van der Waals surface area contributed by atoms with Crippen LogP contribution in [0, 0.1) is 5.82 Å². The molecule has 2 N–H and O–H groups in total. The van der Waals surface area contributed by atoms with E-state index in [0.29, 0.717) is 19.6 Å². The maximum atomic E-state index is 13.1. The van der Waals surface area contributed by atoms with E-state index in [1.807, 2.05) is 19.4 Å². The predicted octanol–water partition coefficient (Wildman–Crippen LogP) is 1.94. The number of hydrogen-bond donors (Lipinski definition) is 2. The van der Waals surface area contributed by atoms with Crippen LogP contribution in [0.15, 0.2) is 42.9 Å². The first kappa shape index (κ1) is 16.4. The lowest BCUT2D eigenvalue weighted by Gasteiger charge is -2.20. The minimum atomic E-state index is -0.265. The van der Waals surface area contributed by atoms with Crippen LogP contribution in [0.5, 0.6) is 0 Å². The van der Waals surface area contributed by atoms with Crippen LogP contribution < -0.4 is 0 Å². The largest absolute Gasteiger partial charge is 0.395 e. The minimum absolute atomic E-state index is 0.0734. The summed E-state index contributed by atoms with van der Waals surface area (Å²) in [5.74, 6) is -0.265. The monoisotopic (exact) mass is 329 g/mol. The molecule has 0 saturated heterocycles. The van der Waals surface area contributed by atoms with Gasteiger partial charge in [-0.25, -0.2) is 4.39 Å². The average Bonchev–Trinajstić information content (AvgIpc) is 3.18. The van der Waals surface area contributed by atoms with Gasteiger partial charge in [0.05, 0.1) is 24.7 Å². The van der Waals surface area contributed by atoms with E-state index in [-0.39, 0.29) is 12.4 Å². The van der Waals surface area contributed by atoms with Crippen LogP contribution in [-0.2, 0) is 20.1 Å². The van der Waals surface area contributed by atoms with Gasteiger partial charge in [0, 0.05) is 49.6 Å². The third-order valence-corrected chi connectivity index (χ3v) is 3.83. The van der Waals surface area contributed by atoms with Crippen molar-refractivity contribution < 1.29 is 9.50 Å². The third-order valence-electron chi connectivity index (χ3n) is 3.83. The molecule has 0 aliphatic carbocycles. The van der Waals surface area contributed by atoms with E-state index in [9.17, 15) is 9.50 Å². The SMILES string of the molecule is Cn1cc(CN(CCO)Cc2cn[nH]c2-c2ccc(F)cc2)cn1. The lowest BCUT2D eigenvalue weighted by atomic mass is 10.1. The number of aliphatic hydroxyl groups excluding tert-OH is 1. The highest BCUT2D eigenvalue weighted by Crippen LogP contribution is 2.23. The first-order valence-corrected chi connectivity index (χ1v) is 7.74. The minimum Gasteiger partial charge on any atom is -0.395 e. The molecule has 0 aliphatic heterocycles. The Hall–Kier alpha value is -2.51. The van der Waals surface area contributed by atoms with Crippen LogP contribution in [-0.4, -0.2) is 43.1 Å². The standard InChI is InChI=1S/C17H20FN5O/c1-22-10-13(8-20-22)11-23(6-7-24)12-15-9-19-21-17(15)14-2-4-16(18)5-3-14/h2-5,8-10,24H,6-7,11-12H2,1H3,(H,19,21). The van der Waals surface area contributed by atoms with E-state index >= 15 is 0 Å². The Bertz CT molecular complexity index is 780. The van der Waals surface area contributed by atoms with Crippen molar-refractivity contribution in [2.75, 3.05) is 13.2 Å². The molecule has 3 rings (SSSR count). The zero-order valence-electron chi connectivity index (χ0n) is 13.5. The van der Waals surface area contributed by atoms with E-state index in [1.54, 1.807) is 23.0 Å². The summed E-state index contributed by atoms with van der Waals surface area (Å²) < 4.78 is 14.9. The molecular weight excluding hydrogens is 309 g/mol. The average molecular weight is 329 g/mol. The number of nitrogens with one attached hydrogen (secondary N) is 1. The Morgan fingerprint density at radius 2 is 2.00 bits per heavy atom. The molecule has 0 radical (unpaired) electrons. The van der Waals surface area contributed by atoms with Crippen molar-refractivity contribution in [2.24, 2.45) is 7.05 Å². The van der Waals surface area contributed by atoms with Crippen LogP contribution in [0.1, 0.15) is 11.1 Å². The van der Waals surface area contributed by atoms with Gasteiger partial charge in [0.1, 0.15) is 5.82 Å². The second-order valence-electron chi connectivity index (χ2n) is 5.73. The van der Waals surface area contributed by atoms with Gasteiger partial charge >= 0.3 is 0 Å². The number of aromatic nitrogens is 4. The maximum Gasteiger partial charge on any atom is 0.123 e. The first-order valence-electron chi connectivity index (χ1n) is 7.74. The van der Waals surface area contributed by atoms with Gasteiger partial charge < -0.3 is 5.11 Å². The molecule has 7 heteroatoms. The topological polar surface area (TPSA) is 70.0 Å². The quantitative estimate of drug-likeness (QED) is 0.695. The molecular formula is C17H20FN5O. The highest BCUT2D eigenvalue weighted by atomic mass is 19.1. The molecule has 2 heterocycles. The number of nitrogens with zero attached hydrogens (tertiary/aromatic N) is 4. The van der Waals surface area contributed by atoms with E-state index < -0.39 is 0 Å². The van der Waals surface area contributed by atoms with Crippen molar-refractivity contribution in [3.8, 4) is 11.3 Å². The second kappa shape index (κ2) is 7.37. The van der Waals surface area contributed by atoms with Gasteiger partial charge in [0.25, 0.3) is 0 Å². The van der Waals surface area contributed by atoms with Gasteiger partial charge in [0.2, 0.25) is 0 Å². The highest BCUT2D eigenvalue weighted by Gasteiger charge is 2.13.